The van der Waals surface area contributed by atoms with Crippen molar-refractivity contribution < 1.29 is 4.79 Å². The summed E-state index contributed by atoms with van der Waals surface area (Å²) in [5.74, 6) is -0.315. The van der Waals surface area contributed by atoms with Crippen LogP contribution in [0.1, 0.15) is 49.9 Å². The SMILES string of the molecule is CCCCCC(C)Nc1snc(N)c1C(N)=O. The number of rotatable bonds is 7. The molecule has 1 heterocycles. The lowest BCUT2D eigenvalue weighted by molar-refractivity contribution is 0.100. The number of nitrogen functional groups attached to an aromatic ring is 1. The van der Waals surface area contributed by atoms with Gasteiger partial charge in [0.2, 0.25) is 0 Å². The molecular formula is C11H20N4OS. The van der Waals surface area contributed by atoms with Crippen LogP contribution in [0.15, 0.2) is 0 Å². The molecule has 0 aliphatic carbocycles. The Morgan fingerprint density at radius 2 is 2.24 bits per heavy atom. The Bertz CT molecular complexity index is 378. The van der Waals surface area contributed by atoms with Gasteiger partial charge in [0.25, 0.3) is 5.91 Å². The van der Waals surface area contributed by atoms with Gasteiger partial charge in [-0.15, -0.1) is 0 Å². The summed E-state index contributed by atoms with van der Waals surface area (Å²) in [6.07, 6.45) is 4.65. The molecule has 0 aliphatic rings. The Balaban J connectivity index is 2.59. The lowest BCUT2D eigenvalue weighted by Crippen LogP contribution is -2.19. The monoisotopic (exact) mass is 256 g/mol. The Morgan fingerprint density at radius 1 is 1.53 bits per heavy atom. The maximum absolute atomic E-state index is 11.2. The van der Waals surface area contributed by atoms with Gasteiger partial charge < -0.3 is 16.8 Å². The molecule has 96 valence electrons. The highest BCUT2D eigenvalue weighted by Crippen LogP contribution is 2.27. The molecule has 0 aliphatic heterocycles. The van der Waals surface area contributed by atoms with Gasteiger partial charge in [-0.1, -0.05) is 26.2 Å². The van der Waals surface area contributed by atoms with Crippen molar-refractivity contribution in [1.82, 2.24) is 4.37 Å². The average molecular weight is 256 g/mol. The van der Waals surface area contributed by atoms with Crippen molar-refractivity contribution in [2.24, 2.45) is 5.73 Å². The Morgan fingerprint density at radius 3 is 2.82 bits per heavy atom. The van der Waals surface area contributed by atoms with E-state index in [0.29, 0.717) is 16.6 Å². The number of hydrogen-bond acceptors (Lipinski definition) is 5. The summed E-state index contributed by atoms with van der Waals surface area (Å²) in [5.41, 5.74) is 11.2. The molecule has 1 amide bonds. The van der Waals surface area contributed by atoms with E-state index in [4.69, 9.17) is 11.5 Å². The first-order valence-electron chi connectivity index (χ1n) is 5.87. The number of nitrogens with two attached hydrogens (primary N) is 2. The van der Waals surface area contributed by atoms with E-state index in [1.54, 1.807) is 0 Å². The van der Waals surface area contributed by atoms with Gasteiger partial charge in [-0.2, -0.15) is 4.37 Å². The van der Waals surface area contributed by atoms with E-state index in [0.717, 1.165) is 6.42 Å². The predicted octanol–water partition coefficient (Wildman–Crippen LogP) is 2.20. The third-order valence-corrected chi connectivity index (χ3v) is 3.38. The minimum atomic E-state index is -0.528. The minimum Gasteiger partial charge on any atom is -0.382 e. The summed E-state index contributed by atoms with van der Waals surface area (Å²) in [6, 6.07) is 0.291. The van der Waals surface area contributed by atoms with E-state index in [9.17, 15) is 4.79 Å². The topological polar surface area (TPSA) is 94.0 Å². The molecule has 1 rings (SSSR count). The fourth-order valence-corrected chi connectivity index (χ4v) is 2.47. The fraction of sp³-hybridized carbons (Fsp3) is 0.636. The average Bonchev–Trinajstić information content (AvgIpc) is 2.60. The van der Waals surface area contributed by atoms with Crippen LogP contribution in [0.2, 0.25) is 0 Å². The van der Waals surface area contributed by atoms with Crippen LogP contribution in [0.5, 0.6) is 0 Å². The summed E-state index contributed by atoms with van der Waals surface area (Å²) in [7, 11) is 0. The summed E-state index contributed by atoms with van der Waals surface area (Å²) in [5, 5.41) is 3.93. The van der Waals surface area contributed by atoms with Crippen molar-refractivity contribution in [3.05, 3.63) is 5.56 Å². The minimum absolute atomic E-state index is 0.214. The third kappa shape index (κ3) is 3.89. The maximum atomic E-state index is 11.2. The second kappa shape index (κ2) is 6.44. The van der Waals surface area contributed by atoms with E-state index in [1.807, 2.05) is 0 Å². The Hall–Kier alpha value is -1.30. The van der Waals surface area contributed by atoms with Gasteiger partial charge >= 0.3 is 0 Å². The van der Waals surface area contributed by atoms with Gasteiger partial charge in [-0.25, -0.2) is 0 Å². The van der Waals surface area contributed by atoms with E-state index >= 15 is 0 Å². The molecule has 17 heavy (non-hydrogen) atoms. The molecule has 1 unspecified atom stereocenters. The number of amides is 1. The number of anilines is 2. The van der Waals surface area contributed by atoms with Crippen LogP contribution in [0.25, 0.3) is 0 Å². The third-order valence-electron chi connectivity index (χ3n) is 2.58. The van der Waals surface area contributed by atoms with Crippen LogP contribution in [0.4, 0.5) is 10.8 Å². The van der Waals surface area contributed by atoms with Crippen LogP contribution in [-0.2, 0) is 0 Å². The molecular weight excluding hydrogens is 236 g/mol. The van der Waals surface area contributed by atoms with Crippen molar-refractivity contribution in [1.29, 1.82) is 0 Å². The van der Waals surface area contributed by atoms with Crippen molar-refractivity contribution in [3.63, 3.8) is 0 Å². The van der Waals surface area contributed by atoms with Gasteiger partial charge in [0.15, 0.2) is 5.82 Å². The molecule has 0 saturated carbocycles. The number of primary amides is 1. The number of unbranched alkanes of at least 4 members (excludes halogenated alkanes) is 2. The Kier molecular flexibility index (Phi) is 5.21. The van der Waals surface area contributed by atoms with Crippen molar-refractivity contribution in [2.45, 2.75) is 45.6 Å². The number of nitrogens with one attached hydrogen (secondary N) is 1. The molecule has 0 bridgehead atoms. The lowest BCUT2D eigenvalue weighted by atomic mass is 10.1. The number of aromatic nitrogens is 1. The molecule has 0 saturated heterocycles. The molecule has 6 heteroatoms. The Labute approximate surface area is 106 Å². The zero-order valence-corrected chi connectivity index (χ0v) is 11.1. The zero-order chi connectivity index (χ0) is 12.8. The number of carbonyl (C=O) groups excluding carboxylic acids is 1. The fourth-order valence-electron chi connectivity index (χ4n) is 1.64. The lowest BCUT2D eigenvalue weighted by Gasteiger charge is -2.13. The summed E-state index contributed by atoms with van der Waals surface area (Å²) in [4.78, 5) is 11.2. The highest BCUT2D eigenvalue weighted by atomic mass is 32.1. The first-order valence-corrected chi connectivity index (χ1v) is 6.65. The highest BCUT2D eigenvalue weighted by Gasteiger charge is 2.17. The number of carbonyl (C=O) groups is 1. The molecule has 1 atom stereocenters. The summed E-state index contributed by atoms with van der Waals surface area (Å²) in [6.45, 7) is 4.25. The number of hydrogen-bond donors (Lipinski definition) is 3. The van der Waals surface area contributed by atoms with Crippen LogP contribution in [0.3, 0.4) is 0 Å². The smallest absolute Gasteiger partial charge is 0.255 e. The van der Waals surface area contributed by atoms with Crippen molar-refractivity contribution in [2.75, 3.05) is 11.1 Å². The van der Waals surface area contributed by atoms with Crippen LogP contribution in [-0.4, -0.2) is 16.3 Å². The molecule has 5 N–H and O–H groups in total. The van der Waals surface area contributed by atoms with Gasteiger partial charge in [-0.3, -0.25) is 4.79 Å². The highest BCUT2D eigenvalue weighted by molar-refractivity contribution is 7.11. The summed E-state index contributed by atoms with van der Waals surface area (Å²) >= 11 is 1.19. The molecule has 0 aromatic carbocycles. The van der Waals surface area contributed by atoms with E-state index in [1.165, 1.54) is 30.8 Å². The molecule has 0 fully saturated rings. The molecule has 0 radical (unpaired) electrons. The largest absolute Gasteiger partial charge is 0.382 e. The standard InChI is InChI=1S/C11H20N4OS/c1-3-4-5-6-7(2)14-11-8(10(13)16)9(12)15-17-11/h7,14H,3-6H2,1-2H3,(H2,12,15)(H2,13,16). The van der Waals surface area contributed by atoms with Crippen LogP contribution in [0, 0.1) is 0 Å². The van der Waals surface area contributed by atoms with Crippen molar-refractivity contribution in [3.8, 4) is 0 Å². The molecule has 5 nitrogen and oxygen atoms in total. The first-order chi connectivity index (χ1) is 8.06. The quantitative estimate of drug-likeness (QED) is 0.652. The van der Waals surface area contributed by atoms with E-state index in [2.05, 4.69) is 23.5 Å². The summed E-state index contributed by atoms with van der Waals surface area (Å²) < 4.78 is 3.94. The van der Waals surface area contributed by atoms with Gasteiger partial charge in [0.1, 0.15) is 10.6 Å². The van der Waals surface area contributed by atoms with E-state index in [-0.39, 0.29) is 5.82 Å². The van der Waals surface area contributed by atoms with Gasteiger partial charge in [-0.05, 0) is 24.9 Å². The maximum Gasteiger partial charge on any atom is 0.255 e. The first kappa shape index (κ1) is 13.8. The molecule has 0 spiro atoms. The van der Waals surface area contributed by atoms with E-state index < -0.39 is 5.91 Å². The number of nitrogens with zero attached hydrogens (tertiary/aromatic N) is 1. The second-order valence-electron chi connectivity index (χ2n) is 4.18. The van der Waals surface area contributed by atoms with Crippen LogP contribution < -0.4 is 16.8 Å². The second-order valence-corrected chi connectivity index (χ2v) is 4.95. The predicted molar refractivity (Wildman–Crippen MR) is 72.3 cm³/mol. The molecule has 1 aromatic rings. The zero-order valence-electron chi connectivity index (χ0n) is 10.3. The van der Waals surface area contributed by atoms with Crippen molar-refractivity contribution >= 4 is 28.3 Å². The molecule has 1 aromatic heterocycles. The normalized spacial score (nSPS) is 12.4. The van der Waals surface area contributed by atoms with Crippen LogP contribution >= 0.6 is 11.5 Å². The van der Waals surface area contributed by atoms with Gasteiger partial charge in [0.05, 0.1) is 0 Å². The van der Waals surface area contributed by atoms with Gasteiger partial charge in [0, 0.05) is 6.04 Å².